The van der Waals surface area contributed by atoms with Crippen LogP contribution in [0.25, 0.3) is 0 Å². The smallest absolute Gasteiger partial charge is 0.328 e. The van der Waals surface area contributed by atoms with Crippen molar-refractivity contribution >= 4 is 11.9 Å². The van der Waals surface area contributed by atoms with Crippen molar-refractivity contribution < 1.29 is 24.5 Å². The third kappa shape index (κ3) is 10.9. The Bertz CT molecular complexity index is 722. The van der Waals surface area contributed by atoms with Gasteiger partial charge in [0, 0.05) is 25.1 Å². The molecule has 0 radical (unpaired) electrons. The first-order valence-electron chi connectivity index (χ1n) is 11.3. The van der Waals surface area contributed by atoms with Crippen LogP contribution < -0.4 is 0 Å². The predicted molar refractivity (Wildman–Crippen MR) is 128 cm³/mol. The average molecular weight is 448 g/mol. The van der Waals surface area contributed by atoms with E-state index in [1.807, 2.05) is 0 Å². The maximum absolute atomic E-state index is 9.55. The van der Waals surface area contributed by atoms with Crippen LogP contribution in [0.3, 0.4) is 0 Å². The van der Waals surface area contributed by atoms with Gasteiger partial charge in [0.15, 0.2) is 0 Å². The van der Waals surface area contributed by atoms with Gasteiger partial charge < -0.3 is 19.8 Å². The Kier molecular flexibility index (Phi) is 11.1. The molecule has 0 bridgehead atoms. The van der Waals surface area contributed by atoms with Crippen molar-refractivity contribution in [1.82, 2.24) is 4.90 Å². The third-order valence-electron chi connectivity index (χ3n) is 6.08. The second-order valence-corrected chi connectivity index (χ2v) is 10.1. The van der Waals surface area contributed by atoms with Gasteiger partial charge in [0.1, 0.15) is 0 Å². The number of aliphatic carboxylic acids is 2. The Morgan fingerprint density at radius 3 is 1.97 bits per heavy atom. The van der Waals surface area contributed by atoms with Crippen molar-refractivity contribution in [1.29, 1.82) is 0 Å². The molecule has 1 saturated carbocycles. The molecule has 1 aliphatic carbocycles. The van der Waals surface area contributed by atoms with Crippen LogP contribution in [0.15, 0.2) is 36.4 Å². The van der Waals surface area contributed by atoms with Crippen LogP contribution in [-0.4, -0.2) is 59.9 Å². The third-order valence-corrected chi connectivity index (χ3v) is 6.08. The second kappa shape index (κ2) is 12.8. The zero-order chi connectivity index (χ0) is 24.4. The van der Waals surface area contributed by atoms with Gasteiger partial charge in [-0.15, -0.1) is 0 Å². The van der Waals surface area contributed by atoms with Gasteiger partial charge in [-0.05, 0) is 63.6 Å². The number of rotatable bonds is 8. The quantitative estimate of drug-likeness (QED) is 0.557. The van der Waals surface area contributed by atoms with Crippen molar-refractivity contribution in [2.45, 2.75) is 65.4 Å². The minimum atomic E-state index is -1.26. The van der Waals surface area contributed by atoms with Gasteiger partial charge in [-0.2, -0.15) is 0 Å². The lowest BCUT2D eigenvalue weighted by Gasteiger charge is -2.44. The van der Waals surface area contributed by atoms with Crippen molar-refractivity contribution in [2.24, 2.45) is 11.3 Å². The van der Waals surface area contributed by atoms with Crippen LogP contribution in [0.4, 0.5) is 0 Å². The van der Waals surface area contributed by atoms with Gasteiger partial charge in [-0.1, -0.05) is 50.6 Å². The lowest BCUT2D eigenvalue weighted by Crippen LogP contribution is -2.42. The number of carboxylic acid groups (broad SMARTS) is 2. The number of aryl methyl sites for hydroxylation is 1. The highest BCUT2D eigenvalue weighted by molar-refractivity contribution is 5.89. The molecule has 1 aliphatic rings. The zero-order valence-corrected chi connectivity index (χ0v) is 20.6. The Morgan fingerprint density at radius 1 is 1.06 bits per heavy atom. The van der Waals surface area contributed by atoms with Crippen molar-refractivity contribution in [3.63, 3.8) is 0 Å². The standard InChI is InChI=1S/C22H37NO.C4H4O4/c1-18-7-9-19(10-8-18)17-22(24-16-15-23(5)6)13-11-20(12-14-22)21(2,3)4;5-3(6)1-2-4(7)8/h7-10,20H,11-17H2,1-6H3;1-2H,(H,5,6)(H,7,8)/b;2-1+. The van der Waals surface area contributed by atoms with Crippen molar-refractivity contribution in [3.05, 3.63) is 47.5 Å². The number of hydrogen-bond donors (Lipinski definition) is 2. The fourth-order valence-corrected chi connectivity index (χ4v) is 4.05. The molecule has 2 N–H and O–H groups in total. The van der Waals surface area contributed by atoms with Crippen LogP contribution in [0.2, 0.25) is 0 Å². The normalized spacial score (nSPS) is 21.3. The first-order chi connectivity index (χ1) is 14.8. The molecule has 180 valence electrons. The van der Waals surface area contributed by atoms with E-state index in [0.29, 0.717) is 17.6 Å². The van der Waals surface area contributed by atoms with Gasteiger partial charge in [0.25, 0.3) is 0 Å². The lowest BCUT2D eigenvalue weighted by atomic mass is 9.67. The van der Waals surface area contributed by atoms with E-state index in [2.05, 4.69) is 71.0 Å². The van der Waals surface area contributed by atoms with Gasteiger partial charge in [-0.3, -0.25) is 0 Å². The molecule has 1 fully saturated rings. The fourth-order valence-electron chi connectivity index (χ4n) is 4.05. The molecule has 32 heavy (non-hydrogen) atoms. The summed E-state index contributed by atoms with van der Waals surface area (Å²) >= 11 is 0. The Morgan fingerprint density at radius 2 is 1.56 bits per heavy atom. The minimum Gasteiger partial charge on any atom is -0.478 e. The molecule has 0 aromatic heterocycles. The van der Waals surface area contributed by atoms with Crippen LogP contribution in [-0.2, 0) is 20.7 Å². The Hall–Kier alpha value is -2.18. The van der Waals surface area contributed by atoms with Gasteiger partial charge in [0.2, 0.25) is 0 Å². The summed E-state index contributed by atoms with van der Waals surface area (Å²) in [5.41, 5.74) is 3.20. The molecule has 0 heterocycles. The van der Waals surface area contributed by atoms with E-state index in [9.17, 15) is 9.59 Å². The monoisotopic (exact) mass is 447 g/mol. The van der Waals surface area contributed by atoms with E-state index in [1.54, 1.807) is 0 Å². The molecule has 0 spiro atoms. The molecule has 0 unspecified atom stereocenters. The minimum absolute atomic E-state index is 0.0347. The van der Waals surface area contributed by atoms with E-state index in [1.165, 1.54) is 36.8 Å². The molecule has 6 heteroatoms. The average Bonchev–Trinajstić information content (AvgIpc) is 2.68. The summed E-state index contributed by atoms with van der Waals surface area (Å²) in [5, 5.41) is 15.6. The number of likely N-dealkylation sites (N-methyl/N-ethyl adjacent to an activating group) is 1. The van der Waals surface area contributed by atoms with Crippen LogP contribution in [0.1, 0.15) is 57.6 Å². The van der Waals surface area contributed by atoms with E-state index in [-0.39, 0.29) is 5.60 Å². The maximum atomic E-state index is 9.55. The lowest BCUT2D eigenvalue weighted by molar-refractivity contribution is -0.134. The van der Waals surface area contributed by atoms with E-state index < -0.39 is 11.9 Å². The van der Waals surface area contributed by atoms with Gasteiger partial charge in [-0.25, -0.2) is 9.59 Å². The molecule has 1 aromatic rings. The topological polar surface area (TPSA) is 87.1 Å². The number of carbonyl (C=O) groups is 2. The second-order valence-electron chi connectivity index (χ2n) is 10.1. The Balaban J connectivity index is 0.000000547. The largest absolute Gasteiger partial charge is 0.478 e. The van der Waals surface area contributed by atoms with Crippen molar-refractivity contribution in [2.75, 3.05) is 27.2 Å². The van der Waals surface area contributed by atoms with Crippen LogP contribution in [0.5, 0.6) is 0 Å². The fraction of sp³-hybridized carbons (Fsp3) is 0.615. The molecular weight excluding hydrogens is 406 g/mol. The van der Waals surface area contributed by atoms with Gasteiger partial charge in [0.05, 0.1) is 12.2 Å². The van der Waals surface area contributed by atoms with E-state index in [0.717, 1.165) is 25.5 Å². The number of hydrogen-bond acceptors (Lipinski definition) is 4. The van der Waals surface area contributed by atoms with E-state index in [4.69, 9.17) is 14.9 Å². The summed E-state index contributed by atoms with van der Waals surface area (Å²) in [6, 6.07) is 9.01. The number of nitrogens with zero attached hydrogens (tertiary/aromatic N) is 1. The van der Waals surface area contributed by atoms with Crippen LogP contribution in [0, 0.1) is 18.3 Å². The summed E-state index contributed by atoms with van der Waals surface area (Å²) in [6.07, 6.45) is 7.13. The number of carboxylic acids is 2. The molecular formula is C26H41NO5. The summed E-state index contributed by atoms with van der Waals surface area (Å²) in [5.74, 6) is -1.69. The molecule has 0 atom stereocenters. The molecule has 1 aromatic carbocycles. The first-order valence-corrected chi connectivity index (χ1v) is 11.3. The van der Waals surface area contributed by atoms with Crippen LogP contribution >= 0.6 is 0 Å². The highest BCUT2D eigenvalue weighted by Crippen LogP contribution is 2.44. The summed E-state index contributed by atoms with van der Waals surface area (Å²) in [7, 11) is 4.24. The maximum Gasteiger partial charge on any atom is 0.328 e. The molecule has 6 nitrogen and oxygen atoms in total. The first kappa shape index (κ1) is 27.9. The zero-order valence-electron chi connectivity index (χ0n) is 20.6. The molecule has 2 rings (SSSR count). The van der Waals surface area contributed by atoms with Crippen molar-refractivity contribution in [3.8, 4) is 0 Å². The van der Waals surface area contributed by atoms with Gasteiger partial charge >= 0.3 is 11.9 Å². The number of ether oxygens (including phenoxy) is 1. The highest BCUT2D eigenvalue weighted by Gasteiger charge is 2.39. The predicted octanol–water partition coefficient (Wildman–Crippen LogP) is 4.80. The summed E-state index contributed by atoms with van der Waals surface area (Å²) in [6.45, 7) is 11.1. The summed E-state index contributed by atoms with van der Waals surface area (Å²) < 4.78 is 6.53. The molecule has 0 amide bonds. The molecule has 0 saturated heterocycles. The SMILES string of the molecule is Cc1ccc(CC2(OCCN(C)C)CCC(C(C)(C)C)CC2)cc1.O=C(O)/C=C/C(=O)O. The number of benzene rings is 1. The Labute approximate surface area is 193 Å². The highest BCUT2D eigenvalue weighted by atomic mass is 16.5. The molecule has 0 aliphatic heterocycles. The van der Waals surface area contributed by atoms with E-state index >= 15 is 0 Å². The summed E-state index contributed by atoms with van der Waals surface area (Å²) in [4.78, 5) is 21.3.